The smallest absolute Gasteiger partial charge is 0.119 e. The summed E-state index contributed by atoms with van der Waals surface area (Å²) in [5, 5.41) is 2.64. The molecule has 0 aromatic heterocycles. The molecule has 0 amide bonds. The lowest BCUT2D eigenvalue weighted by Gasteiger charge is -2.53. The van der Waals surface area contributed by atoms with Crippen molar-refractivity contribution >= 4 is 23.2 Å². The molecular formula is C23H34ClNO. The van der Waals surface area contributed by atoms with Crippen molar-refractivity contribution in [3.8, 4) is 5.75 Å². The summed E-state index contributed by atoms with van der Waals surface area (Å²) >= 11 is 0. The van der Waals surface area contributed by atoms with Crippen LogP contribution in [0.25, 0.3) is 10.8 Å². The predicted molar refractivity (Wildman–Crippen MR) is 115 cm³/mol. The van der Waals surface area contributed by atoms with Crippen LogP contribution in [0.5, 0.6) is 5.75 Å². The SMILES string of the molecule is COc1ccc2c(CCCN3C(C)(C)CCCC3(C)C)cccc2c1.Cl. The lowest BCUT2D eigenvalue weighted by atomic mass is 9.79. The van der Waals surface area contributed by atoms with Crippen LogP contribution in [0, 0.1) is 0 Å². The van der Waals surface area contributed by atoms with Gasteiger partial charge in [0.2, 0.25) is 0 Å². The number of aryl methyl sites for hydroxylation is 1. The van der Waals surface area contributed by atoms with Gasteiger partial charge in [0.25, 0.3) is 0 Å². The number of likely N-dealkylation sites (tertiary alicyclic amines) is 1. The summed E-state index contributed by atoms with van der Waals surface area (Å²) in [6.45, 7) is 10.8. The molecule has 0 bridgehead atoms. The highest BCUT2D eigenvalue weighted by Gasteiger charge is 2.40. The largest absolute Gasteiger partial charge is 0.497 e. The molecule has 2 aromatic rings. The van der Waals surface area contributed by atoms with E-state index in [1.54, 1.807) is 7.11 Å². The van der Waals surface area contributed by atoms with Crippen molar-refractivity contribution in [3.05, 3.63) is 42.0 Å². The molecule has 3 rings (SSSR count). The minimum absolute atomic E-state index is 0. The van der Waals surface area contributed by atoms with E-state index in [1.165, 1.54) is 48.6 Å². The van der Waals surface area contributed by atoms with Crippen LogP contribution >= 0.6 is 12.4 Å². The van der Waals surface area contributed by atoms with Crippen molar-refractivity contribution in [1.29, 1.82) is 0 Å². The van der Waals surface area contributed by atoms with Gasteiger partial charge < -0.3 is 4.74 Å². The summed E-state index contributed by atoms with van der Waals surface area (Å²) < 4.78 is 5.36. The molecule has 0 saturated carbocycles. The zero-order chi connectivity index (χ0) is 18.1. The summed E-state index contributed by atoms with van der Waals surface area (Å²) in [4.78, 5) is 2.75. The predicted octanol–water partition coefficient (Wildman–Crippen LogP) is 6.25. The molecule has 0 spiro atoms. The molecule has 1 aliphatic heterocycles. The molecule has 0 radical (unpaired) electrons. The van der Waals surface area contributed by atoms with Gasteiger partial charge in [0.1, 0.15) is 5.75 Å². The molecule has 0 atom stereocenters. The van der Waals surface area contributed by atoms with Gasteiger partial charge >= 0.3 is 0 Å². The van der Waals surface area contributed by atoms with E-state index in [0.717, 1.165) is 12.2 Å². The zero-order valence-electron chi connectivity index (χ0n) is 17.0. The maximum absolute atomic E-state index is 5.36. The molecule has 1 aliphatic rings. The summed E-state index contributed by atoms with van der Waals surface area (Å²) in [5.74, 6) is 0.932. The van der Waals surface area contributed by atoms with Crippen molar-refractivity contribution in [2.75, 3.05) is 13.7 Å². The monoisotopic (exact) mass is 375 g/mol. The van der Waals surface area contributed by atoms with Gasteiger partial charge in [-0.25, -0.2) is 0 Å². The molecule has 3 heteroatoms. The van der Waals surface area contributed by atoms with Crippen molar-refractivity contribution in [1.82, 2.24) is 4.90 Å². The molecule has 0 N–H and O–H groups in total. The quantitative estimate of drug-likeness (QED) is 0.612. The van der Waals surface area contributed by atoms with Crippen LogP contribution in [0.3, 0.4) is 0 Å². The second-order valence-corrected chi connectivity index (χ2v) is 8.74. The van der Waals surface area contributed by atoms with Crippen LogP contribution in [0.2, 0.25) is 0 Å². The number of halogens is 1. The Balaban J connectivity index is 0.00000243. The van der Waals surface area contributed by atoms with E-state index in [-0.39, 0.29) is 12.4 Å². The number of ether oxygens (including phenoxy) is 1. The fraction of sp³-hybridized carbons (Fsp3) is 0.565. The van der Waals surface area contributed by atoms with Crippen molar-refractivity contribution in [2.24, 2.45) is 0 Å². The van der Waals surface area contributed by atoms with Crippen LogP contribution in [-0.4, -0.2) is 29.6 Å². The molecule has 0 aliphatic carbocycles. The van der Waals surface area contributed by atoms with Gasteiger partial charge in [0.05, 0.1) is 7.11 Å². The summed E-state index contributed by atoms with van der Waals surface area (Å²) in [6, 6.07) is 13.0. The summed E-state index contributed by atoms with van der Waals surface area (Å²) in [5.41, 5.74) is 2.08. The lowest BCUT2D eigenvalue weighted by molar-refractivity contribution is -0.0271. The normalized spacial score (nSPS) is 19.1. The highest BCUT2D eigenvalue weighted by Crippen LogP contribution is 2.38. The molecule has 0 unspecified atom stereocenters. The highest BCUT2D eigenvalue weighted by atomic mass is 35.5. The van der Waals surface area contributed by atoms with Crippen LogP contribution in [0.4, 0.5) is 0 Å². The van der Waals surface area contributed by atoms with Gasteiger partial charge in [-0.05, 0) is 94.8 Å². The van der Waals surface area contributed by atoms with E-state index in [4.69, 9.17) is 4.74 Å². The molecule has 1 fully saturated rings. The summed E-state index contributed by atoms with van der Waals surface area (Å²) in [6.07, 6.45) is 6.31. The number of nitrogens with zero attached hydrogens (tertiary/aromatic N) is 1. The molecule has 1 saturated heterocycles. The van der Waals surface area contributed by atoms with Gasteiger partial charge in [-0.3, -0.25) is 4.90 Å². The number of fused-ring (bicyclic) bond motifs is 1. The Morgan fingerprint density at radius 2 is 1.69 bits per heavy atom. The van der Waals surface area contributed by atoms with E-state index in [0.29, 0.717) is 11.1 Å². The number of rotatable bonds is 5. The first-order valence-corrected chi connectivity index (χ1v) is 9.67. The number of hydrogen-bond acceptors (Lipinski definition) is 2. The van der Waals surface area contributed by atoms with Crippen LogP contribution in [0.1, 0.15) is 58.9 Å². The molecule has 2 nitrogen and oxygen atoms in total. The molecule has 144 valence electrons. The van der Waals surface area contributed by atoms with E-state index >= 15 is 0 Å². The minimum atomic E-state index is 0. The van der Waals surface area contributed by atoms with Crippen molar-refractivity contribution < 1.29 is 4.74 Å². The molecular weight excluding hydrogens is 342 g/mol. The Morgan fingerprint density at radius 1 is 1.00 bits per heavy atom. The Hall–Kier alpha value is -1.25. The Kier molecular flexibility index (Phi) is 6.63. The third-order valence-corrected chi connectivity index (χ3v) is 6.04. The Morgan fingerprint density at radius 3 is 2.35 bits per heavy atom. The van der Waals surface area contributed by atoms with Gasteiger partial charge in [0.15, 0.2) is 0 Å². The lowest BCUT2D eigenvalue weighted by Crippen LogP contribution is -2.58. The van der Waals surface area contributed by atoms with E-state index in [9.17, 15) is 0 Å². The average Bonchev–Trinajstić information content (AvgIpc) is 2.56. The van der Waals surface area contributed by atoms with E-state index in [1.807, 2.05) is 0 Å². The topological polar surface area (TPSA) is 12.5 Å². The number of hydrogen-bond donors (Lipinski definition) is 0. The first-order chi connectivity index (χ1) is 11.8. The van der Waals surface area contributed by atoms with E-state index < -0.39 is 0 Å². The number of piperidine rings is 1. The van der Waals surface area contributed by atoms with Crippen molar-refractivity contribution in [2.45, 2.75) is 70.9 Å². The Bertz CT molecular complexity index is 722. The standard InChI is InChI=1S/C23H33NO.ClH/c1-22(2)14-8-15-23(3,4)24(22)16-7-11-18-9-6-10-19-17-20(25-5)12-13-21(18)19;/h6,9-10,12-13,17H,7-8,11,14-16H2,1-5H3;1H. The van der Waals surface area contributed by atoms with Gasteiger partial charge in [0, 0.05) is 11.1 Å². The first kappa shape index (κ1) is 21.1. The molecule has 2 aromatic carbocycles. The second kappa shape index (κ2) is 8.19. The van der Waals surface area contributed by atoms with Crippen LogP contribution in [-0.2, 0) is 6.42 Å². The fourth-order valence-electron chi connectivity index (χ4n) is 4.75. The third kappa shape index (κ3) is 4.35. The summed E-state index contributed by atoms with van der Waals surface area (Å²) in [7, 11) is 1.73. The fourth-order valence-corrected chi connectivity index (χ4v) is 4.75. The first-order valence-electron chi connectivity index (χ1n) is 9.67. The van der Waals surface area contributed by atoms with Gasteiger partial charge in [-0.2, -0.15) is 0 Å². The van der Waals surface area contributed by atoms with Crippen LogP contribution < -0.4 is 4.74 Å². The van der Waals surface area contributed by atoms with Gasteiger partial charge in [-0.1, -0.05) is 24.3 Å². The maximum Gasteiger partial charge on any atom is 0.119 e. The molecule has 26 heavy (non-hydrogen) atoms. The van der Waals surface area contributed by atoms with Crippen molar-refractivity contribution in [3.63, 3.8) is 0 Å². The zero-order valence-corrected chi connectivity index (χ0v) is 17.8. The van der Waals surface area contributed by atoms with Crippen LogP contribution in [0.15, 0.2) is 36.4 Å². The maximum atomic E-state index is 5.36. The molecule has 1 heterocycles. The second-order valence-electron chi connectivity index (χ2n) is 8.74. The van der Waals surface area contributed by atoms with E-state index in [2.05, 4.69) is 69.0 Å². The number of methoxy groups -OCH3 is 1. The highest BCUT2D eigenvalue weighted by molar-refractivity contribution is 5.87. The third-order valence-electron chi connectivity index (χ3n) is 6.04. The average molecular weight is 376 g/mol. The van der Waals surface area contributed by atoms with Gasteiger partial charge in [-0.15, -0.1) is 12.4 Å². The Labute approximate surface area is 165 Å². The number of benzene rings is 2. The minimum Gasteiger partial charge on any atom is -0.497 e.